The molecule has 1 aliphatic rings. The van der Waals surface area contributed by atoms with Crippen LogP contribution in [0, 0.1) is 5.92 Å². The minimum absolute atomic E-state index is 0.161. The van der Waals surface area contributed by atoms with Gasteiger partial charge in [-0.1, -0.05) is 25.6 Å². The Kier molecular flexibility index (Phi) is 6.25. The molecule has 2 heterocycles. The summed E-state index contributed by atoms with van der Waals surface area (Å²) in [6.45, 7) is 6.09. The van der Waals surface area contributed by atoms with Crippen LogP contribution in [0.2, 0.25) is 0 Å². The van der Waals surface area contributed by atoms with Crippen LogP contribution in [0.4, 0.5) is 15.5 Å². The SMILES string of the molecule is CCOC(=O)NC(=O)c1ccsc1NC(=O)c1ccc2c(c1)NC(C(C)C)S2. The lowest BCUT2D eigenvalue weighted by Crippen LogP contribution is -2.31. The zero-order valence-electron chi connectivity index (χ0n) is 15.7. The lowest BCUT2D eigenvalue weighted by molar-refractivity contribution is 0.0926. The van der Waals surface area contributed by atoms with E-state index in [1.54, 1.807) is 36.2 Å². The van der Waals surface area contributed by atoms with E-state index in [-0.39, 0.29) is 23.5 Å². The number of amides is 3. The zero-order valence-corrected chi connectivity index (χ0v) is 17.3. The number of thioether (sulfide) groups is 1. The van der Waals surface area contributed by atoms with Gasteiger partial charge in [0.15, 0.2) is 0 Å². The van der Waals surface area contributed by atoms with Gasteiger partial charge in [0, 0.05) is 16.1 Å². The third kappa shape index (κ3) is 4.48. The quantitative estimate of drug-likeness (QED) is 0.665. The van der Waals surface area contributed by atoms with Gasteiger partial charge in [0.05, 0.1) is 17.5 Å². The number of imide groups is 1. The summed E-state index contributed by atoms with van der Waals surface area (Å²) in [6, 6.07) is 7.04. The molecule has 148 valence electrons. The van der Waals surface area contributed by atoms with E-state index in [0.717, 1.165) is 10.6 Å². The maximum Gasteiger partial charge on any atom is 0.414 e. The molecule has 28 heavy (non-hydrogen) atoms. The molecule has 2 aromatic rings. The fourth-order valence-electron chi connectivity index (χ4n) is 2.60. The molecule has 0 fully saturated rings. The summed E-state index contributed by atoms with van der Waals surface area (Å²) < 4.78 is 4.71. The third-order valence-corrected chi connectivity index (χ3v) is 6.38. The molecule has 1 aliphatic heterocycles. The molecule has 1 atom stereocenters. The molecule has 3 N–H and O–H groups in total. The van der Waals surface area contributed by atoms with Gasteiger partial charge in [-0.3, -0.25) is 14.9 Å². The Hall–Kier alpha value is -2.52. The van der Waals surface area contributed by atoms with Crippen LogP contribution in [0.25, 0.3) is 0 Å². The number of fused-ring (bicyclic) bond motifs is 1. The van der Waals surface area contributed by atoms with Crippen molar-refractivity contribution in [3.8, 4) is 0 Å². The number of alkyl carbamates (subject to hydrolysis) is 1. The normalized spacial score (nSPS) is 14.9. The van der Waals surface area contributed by atoms with Crippen molar-refractivity contribution in [2.24, 2.45) is 5.92 Å². The summed E-state index contributed by atoms with van der Waals surface area (Å²) in [5, 5.41) is 10.6. The lowest BCUT2D eigenvalue weighted by atomic mass is 10.1. The number of anilines is 2. The molecule has 1 aromatic heterocycles. The maximum atomic E-state index is 12.7. The number of carbonyl (C=O) groups excluding carboxylic acids is 3. The highest BCUT2D eigenvalue weighted by molar-refractivity contribution is 8.00. The number of carbonyl (C=O) groups is 3. The molecule has 7 nitrogen and oxygen atoms in total. The molecule has 1 unspecified atom stereocenters. The zero-order chi connectivity index (χ0) is 20.3. The fourth-order valence-corrected chi connectivity index (χ4v) is 4.50. The van der Waals surface area contributed by atoms with E-state index in [2.05, 4.69) is 29.8 Å². The number of benzene rings is 1. The second-order valence-electron chi connectivity index (χ2n) is 6.43. The average Bonchev–Trinajstić information content (AvgIpc) is 3.27. The average molecular weight is 420 g/mol. The molecule has 1 aromatic carbocycles. The second kappa shape index (κ2) is 8.66. The Morgan fingerprint density at radius 1 is 1.21 bits per heavy atom. The highest BCUT2D eigenvalue weighted by Crippen LogP contribution is 2.41. The Labute approximate surface area is 171 Å². The van der Waals surface area contributed by atoms with Gasteiger partial charge in [-0.2, -0.15) is 0 Å². The van der Waals surface area contributed by atoms with Crippen LogP contribution in [-0.2, 0) is 4.74 Å². The van der Waals surface area contributed by atoms with Gasteiger partial charge in [0.1, 0.15) is 5.00 Å². The lowest BCUT2D eigenvalue weighted by Gasteiger charge is -2.13. The predicted molar refractivity (Wildman–Crippen MR) is 111 cm³/mol. The predicted octanol–water partition coefficient (Wildman–Crippen LogP) is 4.39. The van der Waals surface area contributed by atoms with Crippen LogP contribution in [0.3, 0.4) is 0 Å². The molecule has 0 saturated heterocycles. The summed E-state index contributed by atoms with van der Waals surface area (Å²) in [5.74, 6) is -0.488. The highest BCUT2D eigenvalue weighted by Gasteiger charge is 2.25. The first-order valence-corrected chi connectivity index (χ1v) is 10.6. The van der Waals surface area contributed by atoms with Gasteiger partial charge in [-0.25, -0.2) is 4.79 Å². The first-order valence-electron chi connectivity index (χ1n) is 8.83. The van der Waals surface area contributed by atoms with Crippen LogP contribution < -0.4 is 16.0 Å². The molecule has 3 rings (SSSR count). The molecule has 0 bridgehead atoms. The van der Waals surface area contributed by atoms with Crippen molar-refractivity contribution < 1.29 is 19.1 Å². The summed E-state index contributed by atoms with van der Waals surface area (Å²) in [6.07, 6.45) is -0.821. The first kappa shape index (κ1) is 20.2. The van der Waals surface area contributed by atoms with Crippen molar-refractivity contribution in [1.82, 2.24) is 5.32 Å². The first-order chi connectivity index (χ1) is 13.4. The summed E-state index contributed by atoms with van der Waals surface area (Å²) in [7, 11) is 0. The van der Waals surface area contributed by atoms with Crippen LogP contribution in [0.5, 0.6) is 0 Å². The van der Waals surface area contributed by atoms with Crippen molar-refractivity contribution in [2.45, 2.75) is 31.0 Å². The van der Waals surface area contributed by atoms with E-state index >= 15 is 0 Å². The van der Waals surface area contributed by atoms with Crippen molar-refractivity contribution in [1.29, 1.82) is 0 Å². The van der Waals surface area contributed by atoms with E-state index in [1.807, 2.05) is 12.1 Å². The molecule has 0 saturated carbocycles. The molecule has 3 amide bonds. The van der Waals surface area contributed by atoms with Crippen molar-refractivity contribution in [3.05, 3.63) is 40.8 Å². The molecule has 0 radical (unpaired) electrons. The number of thiophene rings is 1. The molecular formula is C19H21N3O4S2. The van der Waals surface area contributed by atoms with Crippen LogP contribution in [0.1, 0.15) is 41.5 Å². The molecule has 0 spiro atoms. The van der Waals surface area contributed by atoms with Gasteiger partial charge >= 0.3 is 6.09 Å². The van der Waals surface area contributed by atoms with Gasteiger partial charge in [-0.05, 0) is 42.5 Å². The summed E-state index contributed by atoms with van der Waals surface area (Å²) in [4.78, 5) is 37.4. The largest absolute Gasteiger partial charge is 0.450 e. The number of hydrogen-bond acceptors (Lipinski definition) is 7. The standard InChI is InChI=1S/C19H21N3O4S2/c1-4-26-19(25)22-16(24)12-7-8-27-18(12)21-15(23)11-5-6-14-13(9-11)20-17(28-14)10(2)3/h5-10,17,20H,4H2,1-3H3,(H,21,23)(H,22,24,25). The minimum atomic E-state index is -0.821. The Morgan fingerprint density at radius 3 is 2.71 bits per heavy atom. The number of ether oxygens (including phenoxy) is 1. The Balaban J connectivity index is 1.70. The summed E-state index contributed by atoms with van der Waals surface area (Å²) >= 11 is 2.95. The van der Waals surface area contributed by atoms with Crippen molar-refractivity contribution in [2.75, 3.05) is 17.2 Å². The van der Waals surface area contributed by atoms with E-state index in [4.69, 9.17) is 4.74 Å². The van der Waals surface area contributed by atoms with Crippen molar-refractivity contribution in [3.63, 3.8) is 0 Å². The van der Waals surface area contributed by atoms with Gasteiger partial charge in [-0.15, -0.1) is 11.3 Å². The van der Waals surface area contributed by atoms with E-state index in [9.17, 15) is 14.4 Å². The number of rotatable bonds is 5. The van der Waals surface area contributed by atoms with Gasteiger partial charge < -0.3 is 15.4 Å². The van der Waals surface area contributed by atoms with E-state index in [0.29, 0.717) is 16.5 Å². The molecular weight excluding hydrogens is 398 g/mol. The molecule has 0 aliphatic carbocycles. The van der Waals surface area contributed by atoms with Crippen LogP contribution in [-0.4, -0.2) is 29.9 Å². The number of hydrogen-bond donors (Lipinski definition) is 3. The molecule has 9 heteroatoms. The van der Waals surface area contributed by atoms with Crippen LogP contribution >= 0.6 is 23.1 Å². The van der Waals surface area contributed by atoms with E-state index in [1.165, 1.54) is 11.3 Å². The van der Waals surface area contributed by atoms with Gasteiger partial charge in [0.2, 0.25) is 0 Å². The third-order valence-electron chi connectivity index (χ3n) is 4.03. The smallest absolute Gasteiger partial charge is 0.414 e. The van der Waals surface area contributed by atoms with E-state index < -0.39 is 12.0 Å². The second-order valence-corrected chi connectivity index (χ2v) is 8.53. The minimum Gasteiger partial charge on any atom is -0.450 e. The summed E-state index contributed by atoms with van der Waals surface area (Å²) in [5.41, 5.74) is 1.63. The number of nitrogens with one attached hydrogen (secondary N) is 3. The monoisotopic (exact) mass is 419 g/mol. The van der Waals surface area contributed by atoms with Crippen molar-refractivity contribution >= 4 is 51.7 Å². The highest BCUT2D eigenvalue weighted by atomic mass is 32.2. The fraction of sp³-hybridized carbons (Fsp3) is 0.316. The topological polar surface area (TPSA) is 96.5 Å². The maximum absolute atomic E-state index is 12.7. The Bertz CT molecular complexity index is 910. The van der Waals surface area contributed by atoms with Crippen LogP contribution in [0.15, 0.2) is 34.5 Å². The van der Waals surface area contributed by atoms with Gasteiger partial charge in [0.25, 0.3) is 11.8 Å². The Morgan fingerprint density at radius 2 is 2.00 bits per heavy atom.